The van der Waals surface area contributed by atoms with Gasteiger partial charge in [0.25, 0.3) is 0 Å². The molecule has 0 bridgehead atoms. The van der Waals surface area contributed by atoms with E-state index in [9.17, 15) is 0 Å². The Morgan fingerprint density at radius 1 is 1.09 bits per heavy atom. The fourth-order valence-electron chi connectivity index (χ4n) is 2.61. The molecule has 4 heteroatoms. The van der Waals surface area contributed by atoms with Gasteiger partial charge >= 0.3 is 0 Å². The predicted octanol–water partition coefficient (Wildman–Crippen LogP) is 3.73. The van der Waals surface area contributed by atoms with Crippen molar-refractivity contribution in [2.45, 2.75) is 12.6 Å². The summed E-state index contributed by atoms with van der Waals surface area (Å²) in [7, 11) is 0. The van der Waals surface area contributed by atoms with Crippen LogP contribution in [0.1, 0.15) is 5.56 Å². The summed E-state index contributed by atoms with van der Waals surface area (Å²) in [4.78, 5) is 2.42. The quantitative estimate of drug-likeness (QED) is 0.809. The van der Waals surface area contributed by atoms with E-state index in [1.807, 2.05) is 24.3 Å². The first-order valence-electron chi connectivity index (χ1n) is 7.56. The fourth-order valence-corrected chi connectivity index (χ4v) is 3.01. The van der Waals surface area contributed by atoms with Crippen LogP contribution in [0.2, 0.25) is 0 Å². The zero-order valence-electron chi connectivity index (χ0n) is 12.5. The van der Waals surface area contributed by atoms with Gasteiger partial charge in [0.15, 0.2) is 0 Å². The van der Waals surface area contributed by atoms with Gasteiger partial charge in [0.2, 0.25) is 0 Å². The van der Waals surface area contributed by atoms with Crippen molar-refractivity contribution in [3.8, 4) is 5.75 Å². The van der Waals surface area contributed by atoms with Crippen LogP contribution in [0, 0.1) is 0 Å². The largest absolute Gasteiger partial charge is 0.490 e. The third kappa shape index (κ3) is 4.32. The first-order valence-corrected chi connectivity index (χ1v) is 8.36. The molecule has 1 aliphatic heterocycles. The molecule has 1 heterocycles. The summed E-state index contributed by atoms with van der Waals surface area (Å²) in [5.74, 6) is 0.867. The van der Waals surface area contributed by atoms with Gasteiger partial charge in [0.05, 0.1) is 11.1 Å². The third-order valence-electron chi connectivity index (χ3n) is 3.73. The molecule has 1 aliphatic rings. The van der Waals surface area contributed by atoms with Gasteiger partial charge in [-0.1, -0.05) is 42.5 Å². The number of benzene rings is 2. The number of nitrogens with zero attached hydrogens (tertiary/aromatic N) is 1. The average molecular weight is 362 g/mol. The molecule has 3 nitrogen and oxygen atoms in total. The smallest absolute Gasteiger partial charge is 0.133 e. The molecule has 1 fully saturated rings. The van der Waals surface area contributed by atoms with Gasteiger partial charge in [0.1, 0.15) is 18.5 Å². The molecule has 0 aromatic heterocycles. The standard InChI is InChI=1S/C18H20BrNO2/c19-17-8-4-5-9-18(17)22-14-16-13-20(10-11-21-16)12-15-6-2-1-3-7-15/h1-9,16H,10-14H2. The molecule has 116 valence electrons. The second kappa shape index (κ2) is 7.77. The van der Waals surface area contributed by atoms with Crippen molar-refractivity contribution in [1.29, 1.82) is 0 Å². The maximum Gasteiger partial charge on any atom is 0.133 e. The Bertz CT molecular complexity index is 591. The monoisotopic (exact) mass is 361 g/mol. The van der Waals surface area contributed by atoms with Crippen LogP contribution in [0.3, 0.4) is 0 Å². The first-order chi connectivity index (χ1) is 10.8. The van der Waals surface area contributed by atoms with Crippen LogP contribution in [0.25, 0.3) is 0 Å². The second-order valence-electron chi connectivity index (χ2n) is 5.45. The normalized spacial score (nSPS) is 19.0. The number of ether oxygens (including phenoxy) is 2. The molecular weight excluding hydrogens is 342 g/mol. The van der Waals surface area contributed by atoms with Gasteiger partial charge in [-0.05, 0) is 33.6 Å². The maximum atomic E-state index is 5.88. The van der Waals surface area contributed by atoms with Crippen molar-refractivity contribution in [2.24, 2.45) is 0 Å². The lowest BCUT2D eigenvalue weighted by Gasteiger charge is -2.32. The van der Waals surface area contributed by atoms with E-state index in [0.717, 1.165) is 36.5 Å². The van der Waals surface area contributed by atoms with Crippen LogP contribution >= 0.6 is 15.9 Å². The Morgan fingerprint density at radius 2 is 1.86 bits per heavy atom. The molecule has 3 rings (SSSR count). The molecule has 2 aromatic carbocycles. The van der Waals surface area contributed by atoms with Crippen molar-refractivity contribution in [1.82, 2.24) is 4.90 Å². The van der Waals surface area contributed by atoms with Crippen LogP contribution in [0.15, 0.2) is 59.1 Å². The molecule has 0 saturated carbocycles. The Balaban J connectivity index is 1.51. The van der Waals surface area contributed by atoms with Crippen LogP contribution in [0.5, 0.6) is 5.75 Å². The highest BCUT2D eigenvalue weighted by atomic mass is 79.9. The van der Waals surface area contributed by atoms with Crippen molar-refractivity contribution in [3.05, 3.63) is 64.6 Å². The highest BCUT2D eigenvalue weighted by Crippen LogP contribution is 2.24. The number of hydrogen-bond donors (Lipinski definition) is 0. The molecule has 1 atom stereocenters. The van der Waals surface area contributed by atoms with Crippen LogP contribution in [-0.4, -0.2) is 37.3 Å². The Hall–Kier alpha value is -1.36. The number of morpholine rings is 1. The number of hydrogen-bond acceptors (Lipinski definition) is 3. The summed E-state index contributed by atoms with van der Waals surface area (Å²) in [5.41, 5.74) is 1.34. The van der Waals surface area contributed by atoms with E-state index in [-0.39, 0.29) is 6.10 Å². The van der Waals surface area contributed by atoms with Crippen molar-refractivity contribution >= 4 is 15.9 Å². The molecule has 0 spiro atoms. The minimum absolute atomic E-state index is 0.115. The minimum atomic E-state index is 0.115. The average Bonchev–Trinajstić information content (AvgIpc) is 2.55. The van der Waals surface area contributed by atoms with Crippen LogP contribution in [-0.2, 0) is 11.3 Å². The Kier molecular flexibility index (Phi) is 5.48. The summed E-state index contributed by atoms with van der Waals surface area (Å²) < 4.78 is 12.7. The van der Waals surface area contributed by atoms with E-state index in [0.29, 0.717) is 6.61 Å². The predicted molar refractivity (Wildman–Crippen MR) is 91.1 cm³/mol. The molecule has 0 amide bonds. The van der Waals surface area contributed by atoms with Gasteiger partial charge in [-0.15, -0.1) is 0 Å². The topological polar surface area (TPSA) is 21.7 Å². The number of rotatable bonds is 5. The molecule has 0 aliphatic carbocycles. The lowest BCUT2D eigenvalue weighted by Crippen LogP contribution is -2.44. The Labute approximate surface area is 140 Å². The number of para-hydroxylation sites is 1. The van der Waals surface area contributed by atoms with E-state index < -0.39 is 0 Å². The SMILES string of the molecule is Brc1ccccc1OCC1CN(Cc2ccccc2)CCO1. The second-order valence-corrected chi connectivity index (χ2v) is 6.31. The van der Waals surface area contributed by atoms with Crippen molar-refractivity contribution in [3.63, 3.8) is 0 Å². The molecule has 1 saturated heterocycles. The molecule has 1 unspecified atom stereocenters. The first kappa shape index (κ1) is 15.5. The van der Waals surface area contributed by atoms with Gasteiger partial charge in [0, 0.05) is 19.6 Å². The van der Waals surface area contributed by atoms with E-state index in [1.54, 1.807) is 0 Å². The molecular formula is C18H20BrNO2. The van der Waals surface area contributed by atoms with Gasteiger partial charge in [-0.2, -0.15) is 0 Å². The molecule has 22 heavy (non-hydrogen) atoms. The van der Waals surface area contributed by atoms with Crippen LogP contribution in [0.4, 0.5) is 0 Å². The lowest BCUT2D eigenvalue weighted by atomic mass is 10.2. The molecule has 0 radical (unpaired) electrons. The summed E-state index contributed by atoms with van der Waals surface area (Å²) in [6.45, 7) is 4.18. The molecule has 2 aromatic rings. The minimum Gasteiger partial charge on any atom is -0.490 e. The van der Waals surface area contributed by atoms with Gasteiger partial charge < -0.3 is 9.47 Å². The zero-order valence-corrected chi connectivity index (χ0v) is 14.0. The van der Waals surface area contributed by atoms with Gasteiger partial charge in [-0.3, -0.25) is 4.90 Å². The zero-order chi connectivity index (χ0) is 15.2. The van der Waals surface area contributed by atoms with Crippen molar-refractivity contribution in [2.75, 3.05) is 26.3 Å². The van der Waals surface area contributed by atoms with Crippen molar-refractivity contribution < 1.29 is 9.47 Å². The fraction of sp³-hybridized carbons (Fsp3) is 0.333. The number of halogens is 1. The summed E-state index contributed by atoms with van der Waals surface area (Å²) in [5, 5.41) is 0. The highest BCUT2D eigenvalue weighted by Gasteiger charge is 2.21. The summed E-state index contributed by atoms with van der Waals surface area (Å²) in [6.07, 6.45) is 0.115. The van der Waals surface area contributed by atoms with E-state index in [2.05, 4.69) is 51.2 Å². The molecule has 0 N–H and O–H groups in total. The summed E-state index contributed by atoms with van der Waals surface area (Å²) in [6, 6.07) is 18.5. The van der Waals surface area contributed by atoms with E-state index in [4.69, 9.17) is 9.47 Å². The van der Waals surface area contributed by atoms with Gasteiger partial charge in [-0.25, -0.2) is 0 Å². The lowest BCUT2D eigenvalue weighted by molar-refractivity contribution is -0.0505. The van der Waals surface area contributed by atoms with E-state index >= 15 is 0 Å². The Morgan fingerprint density at radius 3 is 2.68 bits per heavy atom. The summed E-state index contributed by atoms with van der Waals surface area (Å²) >= 11 is 3.50. The van der Waals surface area contributed by atoms with Crippen LogP contribution < -0.4 is 4.74 Å². The highest BCUT2D eigenvalue weighted by molar-refractivity contribution is 9.10. The maximum absolute atomic E-state index is 5.88. The van der Waals surface area contributed by atoms with E-state index in [1.165, 1.54) is 5.56 Å². The third-order valence-corrected chi connectivity index (χ3v) is 4.39.